The first-order chi connectivity index (χ1) is 6.79. The Kier molecular flexibility index (Phi) is 3.37. The summed E-state index contributed by atoms with van der Waals surface area (Å²) in [4.78, 5) is 23.0. The van der Waals surface area contributed by atoms with Crippen molar-refractivity contribution in [1.82, 2.24) is 0 Å². The number of hydrogen-bond acceptors (Lipinski definition) is 2. The van der Waals surface area contributed by atoms with Crippen molar-refractivity contribution in [3.05, 3.63) is 0 Å². The average Bonchev–Trinajstić information content (AvgIpc) is 2.38. The fourth-order valence-corrected chi connectivity index (χ4v) is 2.58. The van der Waals surface area contributed by atoms with Gasteiger partial charge in [0.25, 0.3) is 0 Å². The molecule has 0 N–H and O–H groups in total. The molecule has 0 aromatic carbocycles. The van der Waals surface area contributed by atoms with Crippen LogP contribution >= 0.6 is 0 Å². The van der Waals surface area contributed by atoms with E-state index in [0.29, 0.717) is 12.8 Å². The highest BCUT2D eigenvalue weighted by Crippen LogP contribution is 2.53. The van der Waals surface area contributed by atoms with Crippen LogP contribution in [0, 0.1) is 10.8 Å². The number of ketones is 2. The molecule has 0 saturated heterocycles. The van der Waals surface area contributed by atoms with Crippen molar-refractivity contribution in [3.63, 3.8) is 0 Å². The van der Waals surface area contributed by atoms with E-state index in [9.17, 15) is 9.59 Å². The summed E-state index contributed by atoms with van der Waals surface area (Å²) in [7, 11) is 0. The topological polar surface area (TPSA) is 34.1 Å². The second kappa shape index (κ2) is 4.07. The van der Waals surface area contributed by atoms with Crippen molar-refractivity contribution in [1.29, 1.82) is 0 Å². The zero-order chi connectivity index (χ0) is 11.7. The van der Waals surface area contributed by atoms with Crippen molar-refractivity contribution in [2.24, 2.45) is 10.8 Å². The van der Waals surface area contributed by atoms with Crippen LogP contribution in [0.1, 0.15) is 59.8 Å². The Bertz CT molecular complexity index is 278. The van der Waals surface area contributed by atoms with Crippen LogP contribution in [0.3, 0.4) is 0 Å². The molecule has 0 unspecified atom stereocenters. The van der Waals surface area contributed by atoms with Crippen molar-refractivity contribution in [2.75, 3.05) is 0 Å². The van der Waals surface area contributed by atoms with Gasteiger partial charge in [0.2, 0.25) is 0 Å². The zero-order valence-electron chi connectivity index (χ0n) is 10.4. The van der Waals surface area contributed by atoms with Crippen LogP contribution in [0.15, 0.2) is 0 Å². The first kappa shape index (κ1) is 12.4. The molecule has 86 valence electrons. The maximum absolute atomic E-state index is 12.1. The molecule has 0 aliphatic heterocycles. The van der Waals surface area contributed by atoms with Gasteiger partial charge in [-0.3, -0.25) is 4.79 Å². The third kappa shape index (κ3) is 2.30. The van der Waals surface area contributed by atoms with E-state index in [-0.39, 0.29) is 22.4 Å². The molecule has 0 aromatic heterocycles. The van der Waals surface area contributed by atoms with Gasteiger partial charge in [-0.05, 0) is 25.2 Å². The van der Waals surface area contributed by atoms with Crippen molar-refractivity contribution < 1.29 is 9.59 Å². The van der Waals surface area contributed by atoms with E-state index in [1.165, 1.54) is 0 Å². The van der Waals surface area contributed by atoms with E-state index in [1.807, 2.05) is 0 Å². The molecule has 15 heavy (non-hydrogen) atoms. The van der Waals surface area contributed by atoms with Crippen LogP contribution in [-0.2, 0) is 9.59 Å². The molecule has 1 aliphatic rings. The van der Waals surface area contributed by atoms with E-state index in [0.717, 1.165) is 19.3 Å². The molecule has 1 fully saturated rings. The fraction of sp³-hybridized carbons (Fsp3) is 0.846. The van der Waals surface area contributed by atoms with Gasteiger partial charge in [-0.2, -0.15) is 0 Å². The molecule has 1 saturated carbocycles. The molecule has 2 nitrogen and oxygen atoms in total. The van der Waals surface area contributed by atoms with Gasteiger partial charge in [-0.25, -0.2) is 0 Å². The van der Waals surface area contributed by atoms with Crippen molar-refractivity contribution in [3.8, 4) is 0 Å². The van der Waals surface area contributed by atoms with Gasteiger partial charge in [0.05, 0.1) is 0 Å². The van der Waals surface area contributed by atoms with E-state index in [4.69, 9.17) is 0 Å². The lowest BCUT2D eigenvalue weighted by atomic mass is 9.66. The van der Waals surface area contributed by atoms with Gasteiger partial charge in [0.1, 0.15) is 11.6 Å². The monoisotopic (exact) mass is 210 g/mol. The SMILES string of the molecule is CC(=O)CCC(=O)[C@]1(C)CCCC1(C)C. The Hall–Kier alpha value is -0.660. The molecular weight excluding hydrogens is 188 g/mol. The lowest BCUT2D eigenvalue weighted by Crippen LogP contribution is -2.37. The number of rotatable bonds is 4. The van der Waals surface area contributed by atoms with E-state index in [1.54, 1.807) is 6.92 Å². The Labute approximate surface area is 92.4 Å². The smallest absolute Gasteiger partial charge is 0.139 e. The molecular formula is C13H22O2. The molecule has 1 rings (SSSR count). The van der Waals surface area contributed by atoms with Gasteiger partial charge in [0, 0.05) is 18.3 Å². The van der Waals surface area contributed by atoms with Crippen LogP contribution in [0.2, 0.25) is 0 Å². The van der Waals surface area contributed by atoms with Gasteiger partial charge in [-0.15, -0.1) is 0 Å². The third-order valence-corrected chi connectivity index (χ3v) is 4.29. The Balaban J connectivity index is 2.69. The minimum Gasteiger partial charge on any atom is -0.300 e. The van der Waals surface area contributed by atoms with Crippen LogP contribution < -0.4 is 0 Å². The number of hydrogen-bond donors (Lipinski definition) is 0. The summed E-state index contributed by atoms with van der Waals surface area (Å²) in [5.74, 6) is 0.392. The lowest BCUT2D eigenvalue weighted by molar-refractivity contribution is -0.134. The highest BCUT2D eigenvalue weighted by atomic mass is 16.1. The van der Waals surface area contributed by atoms with Crippen LogP contribution in [0.25, 0.3) is 0 Å². The molecule has 0 radical (unpaired) electrons. The standard InChI is InChI=1S/C13H22O2/c1-10(14)6-7-11(15)13(4)9-5-8-12(13,2)3/h5-9H2,1-4H3/t13-/m0/s1. The summed E-state index contributed by atoms with van der Waals surface area (Å²) in [6, 6.07) is 0. The predicted molar refractivity (Wildman–Crippen MR) is 60.7 cm³/mol. The maximum atomic E-state index is 12.1. The van der Waals surface area contributed by atoms with Crippen LogP contribution in [0.4, 0.5) is 0 Å². The fourth-order valence-electron chi connectivity index (χ4n) is 2.58. The highest BCUT2D eigenvalue weighted by molar-refractivity contribution is 5.89. The molecule has 0 amide bonds. The van der Waals surface area contributed by atoms with E-state index >= 15 is 0 Å². The van der Waals surface area contributed by atoms with Gasteiger partial charge in [0.15, 0.2) is 0 Å². The van der Waals surface area contributed by atoms with E-state index < -0.39 is 0 Å². The summed E-state index contributed by atoms with van der Waals surface area (Å²) < 4.78 is 0. The largest absolute Gasteiger partial charge is 0.300 e. The van der Waals surface area contributed by atoms with Gasteiger partial charge < -0.3 is 4.79 Å². The molecule has 0 bridgehead atoms. The molecule has 2 heteroatoms. The van der Waals surface area contributed by atoms with Crippen LogP contribution in [-0.4, -0.2) is 11.6 Å². The molecule has 0 spiro atoms. The molecule has 1 aliphatic carbocycles. The average molecular weight is 210 g/mol. The summed E-state index contributed by atoms with van der Waals surface area (Å²) in [6.45, 7) is 7.97. The Morgan fingerprint density at radius 2 is 1.67 bits per heavy atom. The second-order valence-corrected chi connectivity index (χ2v) is 5.69. The van der Waals surface area contributed by atoms with Gasteiger partial charge in [-0.1, -0.05) is 27.2 Å². The molecule has 0 heterocycles. The number of Topliss-reactive ketones (excluding diaryl/α,β-unsaturated/α-hetero) is 2. The predicted octanol–water partition coefficient (Wildman–Crippen LogP) is 3.14. The summed E-state index contributed by atoms with van der Waals surface area (Å²) in [6.07, 6.45) is 4.07. The van der Waals surface area contributed by atoms with Crippen LogP contribution in [0.5, 0.6) is 0 Å². The zero-order valence-corrected chi connectivity index (χ0v) is 10.4. The van der Waals surface area contributed by atoms with Gasteiger partial charge >= 0.3 is 0 Å². The second-order valence-electron chi connectivity index (χ2n) is 5.69. The molecule has 0 aromatic rings. The third-order valence-electron chi connectivity index (χ3n) is 4.29. The minimum atomic E-state index is -0.206. The first-order valence-electron chi connectivity index (χ1n) is 5.82. The number of carbonyl (C=O) groups is 2. The minimum absolute atomic E-state index is 0.0981. The maximum Gasteiger partial charge on any atom is 0.139 e. The Morgan fingerprint density at radius 1 is 1.07 bits per heavy atom. The highest BCUT2D eigenvalue weighted by Gasteiger charge is 2.49. The first-order valence-corrected chi connectivity index (χ1v) is 5.82. The normalized spacial score (nSPS) is 29.1. The molecule has 1 atom stereocenters. The van der Waals surface area contributed by atoms with Crippen molar-refractivity contribution in [2.45, 2.75) is 59.8 Å². The number of carbonyl (C=O) groups excluding carboxylic acids is 2. The summed E-state index contributed by atoms with van der Waals surface area (Å²) in [5.41, 5.74) is -0.108. The van der Waals surface area contributed by atoms with E-state index in [2.05, 4.69) is 20.8 Å². The Morgan fingerprint density at radius 3 is 2.07 bits per heavy atom. The summed E-state index contributed by atoms with van der Waals surface area (Å²) in [5, 5.41) is 0. The summed E-state index contributed by atoms with van der Waals surface area (Å²) >= 11 is 0. The van der Waals surface area contributed by atoms with Crippen molar-refractivity contribution >= 4 is 11.6 Å². The quantitative estimate of drug-likeness (QED) is 0.714. The lowest BCUT2D eigenvalue weighted by Gasteiger charge is -2.37.